The van der Waals surface area contributed by atoms with Gasteiger partial charge in [-0.3, -0.25) is 0 Å². The smallest absolute Gasteiger partial charge is 0.163 e. The summed E-state index contributed by atoms with van der Waals surface area (Å²) >= 11 is 0. The second-order valence-electron chi connectivity index (χ2n) is 5.60. The summed E-state index contributed by atoms with van der Waals surface area (Å²) in [7, 11) is 1.77. The quantitative estimate of drug-likeness (QED) is 0.894. The van der Waals surface area contributed by atoms with Crippen LogP contribution in [0.2, 0.25) is 0 Å². The van der Waals surface area contributed by atoms with E-state index >= 15 is 0 Å². The first kappa shape index (κ1) is 14.2. The van der Waals surface area contributed by atoms with E-state index in [4.69, 9.17) is 0 Å². The maximum absolute atomic E-state index is 14.0. The molecule has 1 nitrogen and oxygen atoms in total. The topological polar surface area (TPSA) is 12.0 Å². The molecule has 3 rings (SSSR count). The molecular weight excluding hydrogens is 268 g/mol. The molecule has 1 aliphatic rings. The van der Waals surface area contributed by atoms with Crippen LogP contribution in [0.1, 0.15) is 41.1 Å². The Morgan fingerprint density at radius 2 is 1.76 bits per heavy atom. The predicted molar refractivity (Wildman–Crippen MR) is 80.3 cm³/mol. The number of aryl methyl sites for hydroxylation is 2. The van der Waals surface area contributed by atoms with E-state index in [1.54, 1.807) is 19.2 Å². The molecule has 2 aromatic rings. The molecule has 2 aromatic carbocycles. The van der Waals surface area contributed by atoms with Crippen LogP contribution in [0.4, 0.5) is 8.78 Å². The van der Waals surface area contributed by atoms with Crippen molar-refractivity contribution in [3.8, 4) is 0 Å². The van der Waals surface area contributed by atoms with Gasteiger partial charge in [0, 0.05) is 5.56 Å². The van der Waals surface area contributed by atoms with Gasteiger partial charge in [0.25, 0.3) is 0 Å². The van der Waals surface area contributed by atoms with Crippen molar-refractivity contribution in [2.75, 3.05) is 7.05 Å². The lowest BCUT2D eigenvalue weighted by Crippen LogP contribution is -2.20. The van der Waals surface area contributed by atoms with Crippen LogP contribution in [0.3, 0.4) is 0 Å². The lowest BCUT2D eigenvalue weighted by molar-refractivity contribution is 0.487. The van der Waals surface area contributed by atoms with E-state index in [1.165, 1.54) is 24.0 Å². The van der Waals surface area contributed by atoms with Crippen LogP contribution in [0.5, 0.6) is 0 Å². The Kier molecular flexibility index (Phi) is 4.02. The summed E-state index contributed by atoms with van der Waals surface area (Å²) in [5.74, 6) is -1.57. The van der Waals surface area contributed by atoms with Crippen molar-refractivity contribution >= 4 is 0 Å². The Labute approximate surface area is 124 Å². The van der Waals surface area contributed by atoms with Gasteiger partial charge in [-0.2, -0.15) is 0 Å². The van der Waals surface area contributed by atoms with Crippen molar-refractivity contribution in [1.82, 2.24) is 5.32 Å². The van der Waals surface area contributed by atoms with Crippen molar-refractivity contribution < 1.29 is 8.78 Å². The first-order valence-electron chi connectivity index (χ1n) is 7.43. The average molecular weight is 287 g/mol. The fourth-order valence-corrected chi connectivity index (χ4v) is 3.18. The molecule has 0 fully saturated rings. The molecule has 3 heteroatoms. The zero-order valence-electron chi connectivity index (χ0n) is 12.1. The average Bonchev–Trinajstić information content (AvgIpc) is 2.52. The Hall–Kier alpha value is -1.74. The van der Waals surface area contributed by atoms with E-state index in [0.717, 1.165) is 24.5 Å². The highest BCUT2D eigenvalue weighted by Crippen LogP contribution is 2.29. The Morgan fingerprint density at radius 1 is 1.00 bits per heavy atom. The predicted octanol–water partition coefficient (Wildman–Crippen LogP) is 4.15. The van der Waals surface area contributed by atoms with Crippen LogP contribution in [-0.2, 0) is 12.8 Å². The van der Waals surface area contributed by atoms with E-state index in [-0.39, 0.29) is 6.04 Å². The highest BCUT2D eigenvalue weighted by Gasteiger charge is 2.20. The molecule has 0 aliphatic heterocycles. The van der Waals surface area contributed by atoms with Gasteiger partial charge in [-0.15, -0.1) is 0 Å². The lowest BCUT2D eigenvalue weighted by atomic mass is 9.88. The maximum atomic E-state index is 14.0. The molecule has 0 saturated heterocycles. The minimum Gasteiger partial charge on any atom is -0.309 e. The molecule has 0 bridgehead atoms. The summed E-state index contributed by atoms with van der Waals surface area (Å²) in [6.45, 7) is 0. The number of nitrogens with one attached hydrogen (secondary N) is 1. The van der Waals surface area contributed by atoms with Gasteiger partial charge >= 0.3 is 0 Å². The van der Waals surface area contributed by atoms with Crippen LogP contribution in [0.25, 0.3) is 0 Å². The van der Waals surface area contributed by atoms with Gasteiger partial charge in [-0.05, 0) is 55.5 Å². The Bertz CT molecular complexity index is 652. The summed E-state index contributed by atoms with van der Waals surface area (Å²) in [5.41, 5.74) is 4.08. The van der Waals surface area contributed by atoms with Crippen LogP contribution in [0, 0.1) is 11.6 Å². The van der Waals surface area contributed by atoms with Gasteiger partial charge in [0.05, 0.1) is 6.04 Å². The minimum absolute atomic E-state index is 0.326. The summed E-state index contributed by atoms with van der Waals surface area (Å²) in [4.78, 5) is 0. The number of halogens is 2. The van der Waals surface area contributed by atoms with E-state index in [0.29, 0.717) is 5.56 Å². The van der Waals surface area contributed by atoms with Crippen LogP contribution in [0.15, 0.2) is 36.4 Å². The van der Waals surface area contributed by atoms with Crippen LogP contribution >= 0.6 is 0 Å². The second kappa shape index (κ2) is 5.94. The highest BCUT2D eigenvalue weighted by atomic mass is 19.2. The third-order valence-electron chi connectivity index (χ3n) is 4.29. The van der Waals surface area contributed by atoms with E-state index in [9.17, 15) is 8.78 Å². The van der Waals surface area contributed by atoms with E-state index in [1.807, 2.05) is 6.07 Å². The van der Waals surface area contributed by atoms with Crippen molar-refractivity contribution in [3.63, 3.8) is 0 Å². The summed E-state index contributed by atoms with van der Waals surface area (Å²) in [5, 5.41) is 3.10. The second-order valence-corrected chi connectivity index (χ2v) is 5.60. The van der Waals surface area contributed by atoms with Gasteiger partial charge in [-0.1, -0.05) is 30.3 Å². The highest BCUT2D eigenvalue weighted by molar-refractivity contribution is 5.39. The SMILES string of the molecule is CNC(c1ccc2c(c1)CCCC2)c1cccc(F)c1F. The van der Waals surface area contributed by atoms with Crippen molar-refractivity contribution in [3.05, 3.63) is 70.3 Å². The molecule has 1 N–H and O–H groups in total. The monoisotopic (exact) mass is 287 g/mol. The molecule has 0 amide bonds. The molecule has 0 spiro atoms. The van der Waals surface area contributed by atoms with Crippen molar-refractivity contribution in [2.24, 2.45) is 0 Å². The van der Waals surface area contributed by atoms with Gasteiger partial charge < -0.3 is 5.32 Å². The van der Waals surface area contributed by atoms with Crippen molar-refractivity contribution in [2.45, 2.75) is 31.7 Å². The summed E-state index contributed by atoms with van der Waals surface area (Å²) in [6, 6.07) is 10.3. The third-order valence-corrected chi connectivity index (χ3v) is 4.29. The fourth-order valence-electron chi connectivity index (χ4n) is 3.18. The zero-order chi connectivity index (χ0) is 14.8. The lowest BCUT2D eigenvalue weighted by Gasteiger charge is -2.22. The van der Waals surface area contributed by atoms with Crippen molar-refractivity contribution in [1.29, 1.82) is 0 Å². The molecule has 110 valence electrons. The fraction of sp³-hybridized carbons (Fsp3) is 0.333. The van der Waals surface area contributed by atoms with Crippen LogP contribution < -0.4 is 5.32 Å². The summed E-state index contributed by atoms with van der Waals surface area (Å²) < 4.78 is 27.5. The zero-order valence-corrected chi connectivity index (χ0v) is 12.1. The molecule has 1 unspecified atom stereocenters. The molecular formula is C18H19F2N. The summed E-state index contributed by atoms with van der Waals surface area (Å²) in [6.07, 6.45) is 4.63. The first-order chi connectivity index (χ1) is 10.2. The molecule has 1 aliphatic carbocycles. The van der Waals surface area contributed by atoms with E-state index < -0.39 is 11.6 Å². The largest absolute Gasteiger partial charge is 0.309 e. The van der Waals surface area contributed by atoms with Gasteiger partial charge in [-0.25, -0.2) is 8.78 Å². The molecule has 1 atom stereocenters. The Morgan fingerprint density at radius 3 is 2.52 bits per heavy atom. The molecule has 0 saturated carbocycles. The number of hydrogen-bond acceptors (Lipinski definition) is 1. The van der Waals surface area contributed by atoms with Crippen LogP contribution in [-0.4, -0.2) is 7.05 Å². The van der Waals surface area contributed by atoms with Gasteiger partial charge in [0.2, 0.25) is 0 Å². The standard InChI is InChI=1S/C18H19F2N/c1-21-18(15-7-4-8-16(19)17(15)20)14-10-9-12-5-2-3-6-13(12)11-14/h4,7-11,18,21H,2-3,5-6H2,1H3. The minimum atomic E-state index is -0.800. The van der Waals surface area contributed by atoms with Gasteiger partial charge in [0.15, 0.2) is 11.6 Å². The first-order valence-corrected chi connectivity index (χ1v) is 7.43. The number of fused-ring (bicyclic) bond motifs is 1. The normalized spacial score (nSPS) is 15.6. The third kappa shape index (κ3) is 2.70. The maximum Gasteiger partial charge on any atom is 0.163 e. The molecule has 0 heterocycles. The number of hydrogen-bond donors (Lipinski definition) is 1. The molecule has 0 radical (unpaired) electrons. The molecule has 0 aromatic heterocycles. The van der Waals surface area contributed by atoms with E-state index in [2.05, 4.69) is 17.4 Å². The number of rotatable bonds is 3. The Balaban J connectivity index is 2.02. The number of benzene rings is 2. The molecule has 21 heavy (non-hydrogen) atoms. The van der Waals surface area contributed by atoms with Gasteiger partial charge in [0.1, 0.15) is 0 Å².